The summed E-state index contributed by atoms with van der Waals surface area (Å²) in [5.74, 6) is -0.0111. The van der Waals surface area contributed by atoms with E-state index in [0.717, 1.165) is 19.3 Å². The van der Waals surface area contributed by atoms with Crippen molar-refractivity contribution in [2.24, 2.45) is 5.73 Å². The first kappa shape index (κ1) is 12.3. The highest BCUT2D eigenvalue weighted by Crippen LogP contribution is 1.98. The molecule has 0 aromatic carbocycles. The first-order chi connectivity index (χ1) is 6.16. The summed E-state index contributed by atoms with van der Waals surface area (Å²) >= 11 is 0. The second-order valence-electron chi connectivity index (χ2n) is 3.03. The molecule has 0 radical (unpaired) electrons. The number of carbonyl (C=O) groups excluding carboxylic acids is 1. The molecule has 0 saturated heterocycles. The van der Waals surface area contributed by atoms with Gasteiger partial charge in [-0.2, -0.15) is 0 Å². The van der Waals surface area contributed by atoms with E-state index in [1.807, 2.05) is 0 Å². The van der Waals surface area contributed by atoms with E-state index in [-0.39, 0.29) is 18.6 Å². The van der Waals surface area contributed by atoms with Crippen LogP contribution >= 0.6 is 0 Å². The molecule has 0 aliphatic heterocycles. The Labute approximate surface area is 78.2 Å². The molecule has 0 fully saturated rings. The molecule has 0 saturated carbocycles. The van der Waals surface area contributed by atoms with Gasteiger partial charge in [0.15, 0.2) is 0 Å². The van der Waals surface area contributed by atoms with Crippen molar-refractivity contribution in [1.29, 1.82) is 0 Å². The number of nitrogens with two attached hydrogens (primary N) is 1. The number of hydrogen-bond donors (Lipinski definition) is 3. The lowest BCUT2D eigenvalue weighted by Gasteiger charge is -2.08. The van der Waals surface area contributed by atoms with Crippen molar-refractivity contribution in [3.63, 3.8) is 0 Å². The molecule has 1 atom stereocenters. The standard InChI is InChI=1S/C8H18N2O3/c1-7(11)10-5-3-2-4-8(9)6-13-12/h8,12H,2-6,9H2,1H3,(H,10,11). The molecule has 0 bridgehead atoms. The molecule has 5 heteroatoms. The molecule has 13 heavy (non-hydrogen) atoms. The van der Waals surface area contributed by atoms with Gasteiger partial charge in [-0.1, -0.05) is 6.42 Å². The molecular weight excluding hydrogens is 172 g/mol. The monoisotopic (exact) mass is 190 g/mol. The third-order valence-electron chi connectivity index (χ3n) is 1.66. The molecule has 0 aromatic rings. The molecule has 4 N–H and O–H groups in total. The quantitative estimate of drug-likeness (QED) is 0.302. The van der Waals surface area contributed by atoms with Gasteiger partial charge >= 0.3 is 0 Å². The molecule has 0 aliphatic carbocycles. The van der Waals surface area contributed by atoms with Crippen molar-refractivity contribution in [3.8, 4) is 0 Å². The average Bonchev–Trinajstić information content (AvgIpc) is 2.03. The summed E-state index contributed by atoms with van der Waals surface area (Å²) in [5, 5.41) is 10.8. The smallest absolute Gasteiger partial charge is 0.216 e. The van der Waals surface area contributed by atoms with E-state index >= 15 is 0 Å². The molecular formula is C8H18N2O3. The zero-order valence-corrected chi connectivity index (χ0v) is 7.95. The fourth-order valence-electron chi connectivity index (χ4n) is 0.975. The van der Waals surface area contributed by atoms with Gasteiger partial charge in [0.2, 0.25) is 5.91 Å². The average molecular weight is 190 g/mol. The molecule has 0 heterocycles. The Hall–Kier alpha value is -0.650. The normalized spacial score (nSPS) is 12.5. The largest absolute Gasteiger partial charge is 0.356 e. The number of nitrogens with one attached hydrogen (secondary N) is 1. The number of carbonyl (C=O) groups is 1. The van der Waals surface area contributed by atoms with Gasteiger partial charge in [-0.3, -0.25) is 10.1 Å². The lowest BCUT2D eigenvalue weighted by molar-refractivity contribution is -0.245. The second-order valence-corrected chi connectivity index (χ2v) is 3.03. The fourth-order valence-corrected chi connectivity index (χ4v) is 0.975. The molecule has 1 unspecified atom stereocenters. The third-order valence-corrected chi connectivity index (χ3v) is 1.66. The second kappa shape index (κ2) is 7.97. The fraction of sp³-hybridized carbons (Fsp3) is 0.875. The van der Waals surface area contributed by atoms with Crippen molar-refractivity contribution in [2.45, 2.75) is 32.2 Å². The van der Waals surface area contributed by atoms with Gasteiger partial charge in [-0.25, -0.2) is 4.89 Å². The zero-order chi connectivity index (χ0) is 10.1. The number of hydrogen-bond acceptors (Lipinski definition) is 4. The Morgan fingerprint density at radius 2 is 2.31 bits per heavy atom. The minimum absolute atomic E-state index is 0.0111. The summed E-state index contributed by atoms with van der Waals surface area (Å²) in [6.45, 7) is 2.34. The van der Waals surface area contributed by atoms with Crippen LogP contribution in [0, 0.1) is 0 Å². The molecule has 5 nitrogen and oxygen atoms in total. The van der Waals surface area contributed by atoms with Crippen LogP contribution in [0.1, 0.15) is 26.2 Å². The minimum Gasteiger partial charge on any atom is -0.356 e. The Balaban J connectivity index is 3.11. The van der Waals surface area contributed by atoms with Crippen molar-refractivity contribution in [1.82, 2.24) is 5.32 Å². The summed E-state index contributed by atoms with van der Waals surface area (Å²) in [7, 11) is 0. The lowest BCUT2D eigenvalue weighted by Crippen LogP contribution is -2.26. The molecule has 0 aromatic heterocycles. The number of amides is 1. The zero-order valence-electron chi connectivity index (χ0n) is 7.95. The lowest BCUT2D eigenvalue weighted by atomic mass is 10.1. The van der Waals surface area contributed by atoms with E-state index < -0.39 is 0 Å². The van der Waals surface area contributed by atoms with Crippen molar-refractivity contribution in [3.05, 3.63) is 0 Å². The van der Waals surface area contributed by atoms with Crippen molar-refractivity contribution < 1.29 is 14.9 Å². The number of unbranched alkanes of at least 4 members (excludes halogenated alkanes) is 1. The van der Waals surface area contributed by atoms with Crippen LogP contribution in [0.5, 0.6) is 0 Å². The molecule has 0 aliphatic rings. The van der Waals surface area contributed by atoms with Gasteiger partial charge < -0.3 is 11.1 Å². The van der Waals surface area contributed by atoms with Gasteiger partial charge in [0.05, 0.1) is 6.61 Å². The predicted molar refractivity (Wildman–Crippen MR) is 49.1 cm³/mol. The van der Waals surface area contributed by atoms with Gasteiger partial charge in [0.1, 0.15) is 0 Å². The van der Waals surface area contributed by atoms with Gasteiger partial charge in [0, 0.05) is 19.5 Å². The molecule has 0 rings (SSSR count). The van der Waals surface area contributed by atoms with E-state index in [1.54, 1.807) is 0 Å². The summed E-state index contributed by atoms with van der Waals surface area (Å²) < 4.78 is 0. The van der Waals surface area contributed by atoms with Crippen LogP contribution in [0.3, 0.4) is 0 Å². The van der Waals surface area contributed by atoms with Crippen LogP contribution in [-0.2, 0) is 9.68 Å². The Morgan fingerprint density at radius 3 is 2.85 bits per heavy atom. The summed E-state index contributed by atoms with van der Waals surface area (Å²) in [6.07, 6.45) is 2.61. The molecule has 78 valence electrons. The maximum Gasteiger partial charge on any atom is 0.216 e. The van der Waals surface area contributed by atoms with E-state index in [2.05, 4.69) is 10.2 Å². The van der Waals surface area contributed by atoms with Gasteiger partial charge in [-0.15, -0.1) is 0 Å². The highest BCUT2D eigenvalue weighted by Gasteiger charge is 2.01. The van der Waals surface area contributed by atoms with Crippen LogP contribution in [-0.4, -0.2) is 30.4 Å². The maximum atomic E-state index is 10.5. The summed E-state index contributed by atoms with van der Waals surface area (Å²) in [4.78, 5) is 14.4. The Kier molecular flexibility index (Phi) is 7.57. The van der Waals surface area contributed by atoms with E-state index in [9.17, 15) is 4.79 Å². The number of rotatable bonds is 7. The minimum atomic E-state index is -0.123. The topological polar surface area (TPSA) is 84.6 Å². The first-order valence-electron chi connectivity index (χ1n) is 4.43. The Bertz CT molecular complexity index is 141. The van der Waals surface area contributed by atoms with Crippen LogP contribution in [0.25, 0.3) is 0 Å². The highest BCUT2D eigenvalue weighted by molar-refractivity contribution is 5.72. The van der Waals surface area contributed by atoms with Crippen LogP contribution in [0.15, 0.2) is 0 Å². The molecule has 0 spiro atoms. The SMILES string of the molecule is CC(=O)NCCCCC(N)COO. The van der Waals surface area contributed by atoms with E-state index in [0.29, 0.717) is 6.54 Å². The summed E-state index contributed by atoms with van der Waals surface area (Å²) in [6, 6.07) is -0.123. The van der Waals surface area contributed by atoms with Crippen LogP contribution in [0.4, 0.5) is 0 Å². The van der Waals surface area contributed by atoms with E-state index in [4.69, 9.17) is 11.0 Å². The van der Waals surface area contributed by atoms with Crippen molar-refractivity contribution in [2.75, 3.05) is 13.2 Å². The van der Waals surface area contributed by atoms with Crippen LogP contribution < -0.4 is 11.1 Å². The van der Waals surface area contributed by atoms with Crippen LogP contribution in [0.2, 0.25) is 0 Å². The Morgan fingerprint density at radius 1 is 1.62 bits per heavy atom. The highest BCUT2D eigenvalue weighted by atomic mass is 17.1. The summed E-state index contributed by atoms with van der Waals surface area (Å²) in [5.41, 5.74) is 5.55. The maximum absolute atomic E-state index is 10.5. The van der Waals surface area contributed by atoms with Gasteiger partial charge in [-0.05, 0) is 12.8 Å². The van der Waals surface area contributed by atoms with Gasteiger partial charge in [0.25, 0.3) is 0 Å². The first-order valence-corrected chi connectivity index (χ1v) is 4.43. The van der Waals surface area contributed by atoms with Crippen molar-refractivity contribution >= 4 is 5.91 Å². The molecule has 1 amide bonds. The van der Waals surface area contributed by atoms with E-state index in [1.165, 1.54) is 6.92 Å². The predicted octanol–water partition coefficient (Wildman–Crippen LogP) is 0.110. The third kappa shape index (κ3) is 9.26.